The highest BCUT2D eigenvalue weighted by molar-refractivity contribution is 6.02. The molecule has 0 aromatic heterocycles. The molecule has 6 nitrogen and oxygen atoms in total. The van der Waals surface area contributed by atoms with Crippen LogP contribution >= 0.6 is 0 Å². The quantitative estimate of drug-likeness (QED) is 0.395. The highest BCUT2D eigenvalue weighted by Gasteiger charge is 2.07. The van der Waals surface area contributed by atoms with Crippen LogP contribution in [-0.4, -0.2) is 18.5 Å². The number of amides is 2. The van der Waals surface area contributed by atoms with E-state index in [1.54, 1.807) is 12.1 Å². The molecule has 144 valence electrons. The van der Waals surface area contributed by atoms with Crippen molar-refractivity contribution in [2.45, 2.75) is 39.5 Å². The van der Waals surface area contributed by atoms with Crippen LogP contribution in [0.1, 0.15) is 44.2 Å². The van der Waals surface area contributed by atoms with Crippen LogP contribution < -0.4 is 21.1 Å². The molecule has 0 saturated carbocycles. The lowest BCUT2D eigenvalue weighted by atomic mass is 10.1. The van der Waals surface area contributed by atoms with Gasteiger partial charge in [0.05, 0.1) is 0 Å². The largest absolute Gasteiger partial charge is 0.859 e. The molecule has 0 unspecified atom stereocenters. The van der Waals surface area contributed by atoms with Gasteiger partial charge in [0, 0.05) is 29.2 Å². The molecule has 2 rings (SSSR count). The van der Waals surface area contributed by atoms with E-state index in [0.717, 1.165) is 25.7 Å². The number of anilines is 3. The van der Waals surface area contributed by atoms with Crippen molar-refractivity contribution in [1.82, 2.24) is 0 Å². The summed E-state index contributed by atoms with van der Waals surface area (Å²) in [4.78, 5) is 12.2. The molecule has 0 radical (unpaired) electrons. The molecule has 0 heterocycles. The molecule has 0 aliphatic heterocycles. The summed E-state index contributed by atoms with van der Waals surface area (Å²) in [7, 11) is 0. The molecule has 0 saturated heterocycles. The summed E-state index contributed by atoms with van der Waals surface area (Å²) in [5.41, 5.74) is 3.25. The number of carbonyl (C=O) groups is 1. The third-order valence-electron chi connectivity index (χ3n) is 4.12. The number of nitrogens with one attached hydrogen (secondary N) is 4. The number of urea groups is 1. The molecule has 0 bridgehead atoms. The maximum atomic E-state index is 12.2. The first kappa shape index (κ1) is 20.3. The Hall–Kier alpha value is -3.02. The van der Waals surface area contributed by atoms with Crippen molar-refractivity contribution in [3.63, 3.8) is 0 Å². The number of aryl methyl sites for hydroxylation is 1. The molecular weight excluding hydrogens is 340 g/mol. The number of hydrogen-bond acceptors (Lipinski definition) is 4. The minimum atomic E-state index is -0.791. The maximum Gasteiger partial charge on any atom is 0.323 e. The Bertz CT molecular complexity index is 772. The van der Waals surface area contributed by atoms with Crippen molar-refractivity contribution in [3.8, 4) is 0 Å². The minimum Gasteiger partial charge on any atom is -0.859 e. The molecule has 6 heteroatoms. The zero-order valence-electron chi connectivity index (χ0n) is 15.9. The summed E-state index contributed by atoms with van der Waals surface area (Å²) in [6.07, 6.45) is 4.24. The predicted molar refractivity (Wildman–Crippen MR) is 110 cm³/mol. The van der Waals surface area contributed by atoms with Crippen LogP contribution in [0.3, 0.4) is 0 Å². The van der Waals surface area contributed by atoms with Gasteiger partial charge < -0.3 is 26.5 Å². The van der Waals surface area contributed by atoms with Crippen LogP contribution in [0.4, 0.5) is 21.9 Å². The fraction of sp³-hybridized carbons (Fsp3) is 0.333. The normalized spacial score (nSPS) is 10.3. The van der Waals surface area contributed by atoms with Gasteiger partial charge in [-0.3, -0.25) is 0 Å². The van der Waals surface area contributed by atoms with Gasteiger partial charge in [0.2, 0.25) is 0 Å². The van der Waals surface area contributed by atoms with Crippen LogP contribution in [0, 0.1) is 5.41 Å². The second-order valence-corrected chi connectivity index (χ2v) is 6.40. The topological polar surface area (TPSA) is 100 Å². The molecule has 0 aliphatic carbocycles. The van der Waals surface area contributed by atoms with Crippen LogP contribution in [0.15, 0.2) is 42.5 Å². The molecule has 4 N–H and O–H groups in total. The molecule has 0 aliphatic rings. The van der Waals surface area contributed by atoms with E-state index in [9.17, 15) is 9.90 Å². The van der Waals surface area contributed by atoms with E-state index in [4.69, 9.17) is 5.41 Å². The summed E-state index contributed by atoms with van der Waals surface area (Å²) in [5.74, 6) is -0.791. The van der Waals surface area contributed by atoms with Crippen LogP contribution in [0.25, 0.3) is 0 Å². The van der Waals surface area contributed by atoms with Gasteiger partial charge in [0.25, 0.3) is 0 Å². The second-order valence-electron chi connectivity index (χ2n) is 6.40. The molecule has 27 heavy (non-hydrogen) atoms. The summed E-state index contributed by atoms with van der Waals surface area (Å²) in [5, 5.41) is 27.6. The highest BCUT2D eigenvalue weighted by Crippen LogP contribution is 2.21. The first-order chi connectivity index (χ1) is 13.0. The van der Waals surface area contributed by atoms with Crippen molar-refractivity contribution in [1.29, 1.82) is 5.41 Å². The highest BCUT2D eigenvalue weighted by atomic mass is 16.3. The number of carbonyl (C=O) groups excluding carboxylic acids is 1. The third-order valence-corrected chi connectivity index (χ3v) is 4.12. The lowest BCUT2D eigenvalue weighted by Gasteiger charge is -2.17. The summed E-state index contributed by atoms with van der Waals surface area (Å²) in [6.45, 7) is 4.89. The Labute approximate surface area is 160 Å². The van der Waals surface area contributed by atoms with Crippen molar-refractivity contribution in [2.75, 3.05) is 22.5 Å². The molecule has 2 amide bonds. The monoisotopic (exact) mass is 367 g/mol. The van der Waals surface area contributed by atoms with Crippen molar-refractivity contribution in [3.05, 3.63) is 53.6 Å². The standard InChI is InChI=1S/C21H28N4O2/c1-3-5-6-15-7-9-16(10-8-15)24-21(27)25-17-11-12-19(23-13-4-2)18(14-17)20(22)26/h7-12,14,23H,3-6,13H2,1-2H3,(H2,22,26)(H2,24,25,27)/p-1. The van der Waals surface area contributed by atoms with E-state index in [1.807, 2.05) is 31.2 Å². The molecule has 2 aromatic carbocycles. The van der Waals surface area contributed by atoms with Crippen LogP contribution in [0.2, 0.25) is 0 Å². The molecule has 0 spiro atoms. The summed E-state index contributed by atoms with van der Waals surface area (Å²) >= 11 is 0. The number of hydrogen-bond donors (Lipinski definition) is 4. The van der Waals surface area contributed by atoms with E-state index < -0.39 is 11.9 Å². The number of rotatable bonds is 9. The second kappa shape index (κ2) is 10.2. The van der Waals surface area contributed by atoms with Gasteiger partial charge in [-0.25, -0.2) is 4.79 Å². The van der Waals surface area contributed by atoms with E-state index in [-0.39, 0.29) is 5.56 Å². The zero-order valence-corrected chi connectivity index (χ0v) is 15.9. The predicted octanol–water partition coefficient (Wildman–Crippen LogP) is 4.18. The van der Waals surface area contributed by atoms with E-state index in [0.29, 0.717) is 23.6 Å². The minimum absolute atomic E-state index is 0.238. The Morgan fingerprint density at radius 1 is 1.00 bits per heavy atom. The van der Waals surface area contributed by atoms with Gasteiger partial charge in [0.15, 0.2) is 0 Å². The lowest BCUT2D eigenvalue weighted by Crippen LogP contribution is -2.22. The number of unbranched alkanes of at least 4 members (excludes halogenated alkanes) is 1. The molecule has 2 aromatic rings. The zero-order chi connectivity index (χ0) is 19.6. The molecule has 0 fully saturated rings. The van der Waals surface area contributed by atoms with Gasteiger partial charge in [-0.05, 0) is 61.1 Å². The summed E-state index contributed by atoms with van der Waals surface area (Å²) < 4.78 is 0. The van der Waals surface area contributed by atoms with Crippen LogP contribution in [-0.2, 0) is 6.42 Å². The van der Waals surface area contributed by atoms with Gasteiger partial charge in [-0.15, -0.1) is 0 Å². The van der Waals surface area contributed by atoms with E-state index in [2.05, 4.69) is 22.9 Å². The van der Waals surface area contributed by atoms with Crippen molar-refractivity contribution in [2.24, 2.45) is 0 Å². The fourth-order valence-electron chi connectivity index (χ4n) is 2.65. The SMILES string of the molecule is CCCCc1ccc(NC(=O)Nc2ccc(NCCC)c(C(=N)[O-])c2)cc1. The maximum absolute atomic E-state index is 12.2. The fourth-order valence-corrected chi connectivity index (χ4v) is 2.65. The van der Waals surface area contributed by atoms with Gasteiger partial charge in [-0.2, -0.15) is 0 Å². The average Bonchev–Trinajstić information content (AvgIpc) is 2.66. The third kappa shape index (κ3) is 6.33. The van der Waals surface area contributed by atoms with E-state index >= 15 is 0 Å². The lowest BCUT2D eigenvalue weighted by molar-refractivity contribution is -0.214. The average molecular weight is 367 g/mol. The Balaban J connectivity index is 2.00. The van der Waals surface area contributed by atoms with E-state index in [1.165, 1.54) is 11.6 Å². The van der Waals surface area contributed by atoms with Crippen molar-refractivity contribution < 1.29 is 9.90 Å². The Morgan fingerprint density at radius 2 is 1.67 bits per heavy atom. The summed E-state index contributed by atoms with van der Waals surface area (Å²) in [6, 6.07) is 12.3. The van der Waals surface area contributed by atoms with Gasteiger partial charge in [-0.1, -0.05) is 32.4 Å². The van der Waals surface area contributed by atoms with Gasteiger partial charge >= 0.3 is 6.03 Å². The van der Waals surface area contributed by atoms with Crippen LogP contribution in [0.5, 0.6) is 0 Å². The number of benzene rings is 2. The smallest absolute Gasteiger partial charge is 0.323 e. The Kier molecular flexibility index (Phi) is 7.67. The first-order valence-electron chi connectivity index (χ1n) is 9.34. The van der Waals surface area contributed by atoms with Gasteiger partial charge in [0.1, 0.15) is 0 Å². The first-order valence-corrected chi connectivity index (χ1v) is 9.34. The van der Waals surface area contributed by atoms with Crippen molar-refractivity contribution >= 4 is 29.0 Å². The Morgan fingerprint density at radius 3 is 2.30 bits per heavy atom. The molecular formula is C21H27N4O2-. The molecule has 0 atom stereocenters.